The van der Waals surface area contributed by atoms with Crippen LogP contribution in [-0.4, -0.2) is 65.7 Å². The number of halogens is 2. The summed E-state index contributed by atoms with van der Waals surface area (Å²) >= 11 is 6.73. The van der Waals surface area contributed by atoms with Crippen molar-refractivity contribution < 1.29 is 18.5 Å². The Morgan fingerprint density at radius 3 is 3.00 bits per heavy atom. The molecular weight excluding hydrogens is 459 g/mol. The van der Waals surface area contributed by atoms with E-state index in [9.17, 15) is 0 Å². The summed E-state index contributed by atoms with van der Waals surface area (Å²) in [6.07, 6.45) is 4.57. The van der Waals surface area contributed by atoms with Gasteiger partial charge in [-0.05, 0) is 42.8 Å². The molecular formula is C24H25ClFN6O2+. The summed E-state index contributed by atoms with van der Waals surface area (Å²) in [7, 11) is 0. The van der Waals surface area contributed by atoms with Crippen molar-refractivity contribution in [1.82, 2.24) is 15.2 Å². The van der Waals surface area contributed by atoms with Gasteiger partial charge in [0, 0.05) is 31.3 Å². The van der Waals surface area contributed by atoms with Crippen LogP contribution in [0.3, 0.4) is 0 Å². The molecule has 0 unspecified atom stereocenters. The number of nitrogens with one attached hydrogen (secondary N) is 1. The van der Waals surface area contributed by atoms with E-state index in [0.29, 0.717) is 54.0 Å². The van der Waals surface area contributed by atoms with Crippen LogP contribution < -0.4 is 9.64 Å². The highest BCUT2D eigenvalue weighted by Gasteiger charge is 2.37. The summed E-state index contributed by atoms with van der Waals surface area (Å²) in [5.41, 5.74) is 3.50. The average Bonchev–Trinajstić information content (AvgIpc) is 3.54. The monoisotopic (exact) mass is 483 g/mol. The van der Waals surface area contributed by atoms with Gasteiger partial charge in [0.15, 0.2) is 18.4 Å². The number of rotatable bonds is 5. The van der Waals surface area contributed by atoms with Crippen LogP contribution in [0.2, 0.25) is 5.02 Å². The molecule has 2 aromatic heterocycles. The standard InChI is InChI=1S/C24H25ClFN6O2/c1-3-34-24-19-22(29-30-23(19)32-7-4-9-33-10-8-32)20(26)21(28-24)18-14-12-27-31(2)16(14)11-15(25)17(18)13-5-6-13/h11-13H,2-10H2,1H3,(H,29,30)/q+1. The Morgan fingerprint density at radius 1 is 1.35 bits per heavy atom. The second-order valence-corrected chi connectivity index (χ2v) is 9.17. The van der Waals surface area contributed by atoms with E-state index in [1.54, 1.807) is 6.21 Å². The second-order valence-electron chi connectivity index (χ2n) is 8.76. The van der Waals surface area contributed by atoms with Crippen LogP contribution in [0.1, 0.15) is 43.2 Å². The summed E-state index contributed by atoms with van der Waals surface area (Å²) in [6.45, 7) is 8.92. The molecule has 0 bridgehead atoms. The molecule has 34 heavy (non-hydrogen) atoms. The van der Waals surface area contributed by atoms with E-state index in [4.69, 9.17) is 26.1 Å². The van der Waals surface area contributed by atoms with Crippen molar-refractivity contribution >= 4 is 46.9 Å². The van der Waals surface area contributed by atoms with E-state index in [1.807, 2.05) is 13.0 Å². The third-order valence-electron chi connectivity index (χ3n) is 6.57. The van der Waals surface area contributed by atoms with Crippen molar-refractivity contribution in [3.05, 3.63) is 28.0 Å². The number of hydrazone groups is 1. The lowest BCUT2D eigenvalue weighted by Crippen LogP contribution is -2.26. The van der Waals surface area contributed by atoms with E-state index < -0.39 is 5.82 Å². The quantitative estimate of drug-likeness (QED) is 0.536. The first kappa shape index (κ1) is 21.5. The number of H-pyrrole nitrogens is 1. The number of anilines is 1. The van der Waals surface area contributed by atoms with Gasteiger partial charge >= 0.3 is 0 Å². The number of hydrogen-bond acceptors (Lipinski definition) is 6. The van der Waals surface area contributed by atoms with Crippen molar-refractivity contribution in [3.63, 3.8) is 0 Å². The number of nitrogens with zero attached hydrogens (tertiary/aromatic N) is 5. The van der Waals surface area contributed by atoms with E-state index in [1.165, 1.54) is 4.68 Å². The summed E-state index contributed by atoms with van der Waals surface area (Å²) in [5, 5.41) is 12.8. The number of benzene rings is 1. The van der Waals surface area contributed by atoms with Gasteiger partial charge in [0.1, 0.15) is 22.8 Å². The van der Waals surface area contributed by atoms with Gasteiger partial charge in [-0.15, -0.1) is 0 Å². The molecule has 0 atom stereocenters. The maximum absolute atomic E-state index is 16.2. The lowest BCUT2D eigenvalue weighted by Gasteiger charge is -2.20. The second kappa shape index (κ2) is 8.32. The third kappa shape index (κ3) is 3.37. The molecule has 6 rings (SSSR count). The Hall–Kier alpha value is -3.04. The lowest BCUT2D eigenvalue weighted by molar-refractivity contribution is -0.430. The molecule has 0 radical (unpaired) electrons. The highest BCUT2D eigenvalue weighted by molar-refractivity contribution is 6.32. The molecule has 3 aliphatic rings. The van der Waals surface area contributed by atoms with Crippen molar-refractivity contribution in [1.29, 1.82) is 0 Å². The number of hydrogen-bond donors (Lipinski definition) is 1. The first-order valence-electron chi connectivity index (χ1n) is 11.6. The molecule has 176 valence electrons. The van der Waals surface area contributed by atoms with E-state index in [-0.39, 0.29) is 17.1 Å². The maximum Gasteiger partial charge on any atom is 0.248 e. The number of aromatic amines is 1. The zero-order chi connectivity index (χ0) is 23.4. The molecule has 1 saturated carbocycles. The predicted molar refractivity (Wildman–Crippen MR) is 130 cm³/mol. The molecule has 2 aliphatic heterocycles. The average molecular weight is 484 g/mol. The SMILES string of the molecule is C=[N+]1N=Cc2c1cc(Cl)c(C1CC1)c2-c1nc(OCC)c2c(N3CCCOCC3)n[nH]c2c1F. The smallest absolute Gasteiger partial charge is 0.248 e. The molecule has 1 saturated heterocycles. The zero-order valence-electron chi connectivity index (χ0n) is 18.9. The van der Waals surface area contributed by atoms with Crippen LogP contribution in [0, 0.1) is 5.82 Å². The first-order chi connectivity index (χ1) is 16.6. The van der Waals surface area contributed by atoms with Crippen molar-refractivity contribution in [2.45, 2.75) is 32.1 Å². The molecule has 1 aliphatic carbocycles. The number of aromatic nitrogens is 3. The highest BCUT2D eigenvalue weighted by atomic mass is 35.5. The molecule has 1 N–H and O–H groups in total. The summed E-state index contributed by atoms with van der Waals surface area (Å²) in [5.74, 6) is 0.762. The van der Waals surface area contributed by atoms with Gasteiger partial charge in [0.2, 0.25) is 11.6 Å². The topological polar surface area (TPSA) is 78.6 Å². The van der Waals surface area contributed by atoms with Gasteiger partial charge in [0.05, 0.1) is 23.8 Å². The summed E-state index contributed by atoms with van der Waals surface area (Å²) < 4.78 is 29.3. The van der Waals surface area contributed by atoms with Gasteiger partial charge in [-0.2, -0.15) is 5.10 Å². The summed E-state index contributed by atoms with van der Waals surface area (Å²) in [4.78, 5) is 6.84. The number of ether oxygens (including phenoxy) is 2. The van der Waals surface area contributed by atoms with Gasteiger partial charge in [0.25, 0.3) is 0 Å². The van der Waals surface area contributed by atoms with E-state index in [2.05, 4.69) is 26.9 Å². The van der Waals surface area contributed by atoms with Crippen LogP contribution >= 0.6 is 11.6 Å². The van der Waals surface area contributed by atoms with E-state index in [0.717, 1.165) is 42.6 Å². The van der Waals surface area contributed by atoms with Crippen molar-refractivity contribution in [3.8, 4) is 17.1 Å². The fourth-order valence-electron chi connectivity index (χ4n) is 4.84. The minimum atomic E-state index is -0.481. The van der Waals surface area contributed by atoms with Crippen LogP contribution in [0.5, 0.6) is 5.88 Å². The van der Waals surface area contributed by atoms with Crippen molar-refractivity contribution in [2.75, 3.05) is 37.8 Å². The minimum Gasteiger partial charge on any atom is -0.477 e. The summed E-state index contributed by atoms with van der Waals surface area (Å²) in [6, 6.07) is 1.85. The Balaban J connectivity index is 1.60. The Morgan fingerprint density at radius 2 is 2.21 bits per heavy atom. The minimum absolute atomic E-state index is 0.188. The maximum atomic E-state index is 16.2. The van der Waals surface area contributed by atoms with Crippen LogP contribution in [0.25, 0.3) is 22.2 Å². The molecule has 0 amide bonds. The molecule has 1 aromatic carbocycles. The lowest BCUT2D eigenvalue weighted by atomic mass is 9.93. The molecule has 10 heteroatoms. The van der Waals surface area contributed by atoms with Crippen LogP contribution in [-0.2, 0) is 4.74 Å². The Labute approximate surface area is 201 Å². The Kier molecular flexibility index (Phi) is 5.26. The fourth-order valence-corrected chi connectivity index (χ4v) is 5.19. The van der Waals surface area contributed by atoms with Gasteiger partial charge in [-0.3, -0.25) is 5.10 Å². The van der Waals surface area contributed by atoms with Crippen LogP contribution in [0.4, 0.5) is 15.9 Å². The first-order valence-corrected chi connectivity index (χ1v) is 12.0. The zero-order valence-corrected chi connectivity index (χ0v) is 19.7. The largest absolute Gasteiger partial charge is 0.477 e. The third-order valence-corrected chi connectivity index (χ3v) is 6.88. The van der Waals surface area contributed by atoms with Crippen molar-refractivity contribution in [2.24, 2.45) is 5.10 Å². The molecule has 2 fully saturated rings. The molecule has 0 spiro atoms. The fraction of sp³-hybridized carbons (Fsp3) is 0.417. The predicted octanol–water partition coefficient (Wildman–Crippen LogP) is 4.61. The number of fused-ring (bicyclic) bond motifs is 2. The number of pyridine rings is 1. The molecule has 4 heterocycles. The molecule has 3 aromatic rings. The molecule has 8 nitrogen and oxygen atoms in total. The highest BCUT2D eigenvalue weighted by Crippen LogP contribution is 2.52. The Bertz CT molecular complexity index is 1340. The normalized spacial score (nSPS) is 18.0. The van der Waals surface area contributed by atoms with Crippen LogP contribution in [0.15, 0.2) is 11.2 Å². The van der Waals surface area contributed by atoms with E-state index >= 15 is 4.39 Å². The van der Waals surface area contributed by atoms with Gasteiger partial charge < -0.3 is 14.4 Å². The van der Waals surface area contributed by atoms with Gasteiger partial charge in [-0.1, -0.05) is 16.3 Å². The van der Waals surface area contributed by atoms with Gasteiger partial charge in [-0.25, -0.2) is 9.37 Å².